The van der Waals surface area contributed by atoms with Gasteiger partial charge in [0.1, 0.15) is 0 Å². The van der Waals surface area contributed by atoms with Crippen molar-refractivity contribution >= 4 is 0 Å². The molecule has 2 aromatic rings. The molecule has 18 heavy (non-hydrogen) atoms. The molecule has 6 nitrogen and oxygen atoms in total. The van der Waals surface area contributed by atoms with Crippen LogP contribution >= 0.6 is 0 Å². The Kier molecular flexibility index (Phi) is 2.61. The highest BCUT2D eigenvalue weighted by Crippen LogP contribution is 2.36. The summed E-state index contributed by atoms with van der Waals surface area (Å²) in [5.41, 5.74) is 7.05. The first kappa shape index (κ1) is 11.3. The Bertz CT molecular complexity index is 541. The van der Waals surface area contributed by atoms with E-state index in [1.807, 2.05) is 24.3 Å². The minimum Gasteiger partial charge on any atom is -0.385 e. The van der Waals surface area contributed by atoms with E-state index in [1.54, 1.807) is 0 Å². The Morgan fingerprint density at radius 1 is 1.44 bits per heavy atom. The van der Waals surface area contributed by atoms with Crippen LogP contribution in [0.2, 0.25) is 0 Å². The molecule has 1 aromatic carbocycles. The number of aromatic amines is 1. The lowest BCUT2D eigenvalue weighted by Gasteiger charge is -2.36. The summed E-state index contributed by atoms with van der Waals surface area (Å²) in [6.07, 6.45) is 1.64. The SMILES string of the molecule is N[C@H]1Cc2ccccc2[C@@](O)(Cc2nn[nH]n2)C1. The van der Waals surface area contributed by atoms with Gasteiger partial charge in [0.2, 0.25) is 0 Å². The number of aliphatic hydroxyl groups is 1. The second-order valence-corrected chi connectivity index (χ2v) is 4.86. The van der Waals surface area contributed by atoms with E-state index in [0.717, 1.165) is 17.5 Å². The fourth-order valence-electron chi connectivity index (χ4n) is 2.74. The number of rotatable bonds is 2. The van der Waals surface area contributed by atoms with E-state index >= 15 is 0 Å². The fourth-order valence-corrected chi connectivity index (χ4v) is 2.74. The maximum absolute atomic E-state index is 10.9. The lowest BCUT2D eigenvalue weighted by Crippen LogP contribution is -2.43. The number of tetrazole rings is 1. The van der Waals surface area contributed by atoms with Gasteiger partial charge in [-0.1, -0.05) is 29.5 Å². The molecule has 4 N–H and O–H groups in total. The third kappa shape index (κ3) is 1.89. The molecule has 1 aromatic heterocycles. The topological polar surface area (TPSA) is 101 Å². The van der Waals surface area contributed by atoms with Gasteiger partial charge in [0.15, 0.2) is 5.82 Å². The van der Waals surface area contributed by atoms with Crippen LogP contribution in [-0.2, 0) is 18.4 Å². The largest absolute Gasteiger partial charge is 0.385 e. The van der Waals surface area contributed by atoms with Crippen LogP contribution in [0, 0.1) is 0 Å². The molecule has 94 valence electrons. The van der Waals surface area contributed by atoms with Crippen LogP contribution in [0.3, 0.4) is 0 Å². The van der Waals surface area contributed by atoms with Crippen molar-refractivity contribution in [2.45, 2.75) is 30.9 Å². The van der Waals surface area contributed by atoms with E-state index in [9.17, 15) is 5.11 Å². The molecule has 0 radical (unpaired) electrons. The van der Waals surface area contributed by atoms with E-state index < -0.39 is 5.60 Å². The van der Waals surface area contributed by atoms with Crippen LogP contribution in [0.15, 0.2) is 24.3 Å². The summed E-state index contributed by atoms with van der Waals surface area (Å²) in [5, 5.41) is 24.6. The molecule has 3 rings (SSSR count). The van der Waals surface area contributed by atoms with Gasteiger partial charge in [-0.3, -0.25) is 0 Å². The van der Waals surface area contributed by atoms with Crippen molar-refractivity contribution in [3.63, 3.8) is 0 Å². The lowest BCUT2D eigenvalue weighted by molar-refractivity contribution is 0.0117. The van der Waals surface area contributed by atoms with E-state index in [-0.39, 0.29) is 6.04 Å². The molecule has 6 heteroatoms. The van der Waals surface area contributed by atoms with Gasteiger partial charge in [0.25, 0.3) is 0 Å². The maximum atomic E-state index is 10.9. The Morgan fingerprint density at radius 3 is 3.06 bits per heavy atom. The first-order valence-corrected chi connectivity index (χ1v) is 5.96. The number of hydrogen-bond acceptors (Lipinski definition) is 5. The number of nitrogens with zero attached hydrogens (tertiary/aromatic N) is 3. The van der Waals surface area contributed by atoms with Crippen LogP contribution in [0.1, 0.15) is 23.4 Å². The minimum absolute atomic E-state index is 0.0446. The highest BCUT2D eigenvalue weighted by Gasteiger charge is 2.38. The lowest BCUT2D eigenvalue weighted by atomic mass is 9.75. The number of fused-ring (bicyclic) bond motifs is 1. The van der Waals surface area contributed by atoms with Crippen molar-refractivity contribution in [2.75, 3.05) is 0 Å². The molecule has 1 aliphatic rings. The highest BCUT2D eigenvalue weighted by molar-refractivity contribution is 5.36. The molecule has 0 fully saturated rings. The molecule has 0 amide bonds. The van der Waals surface area contributed by atoms with E-state index in [0.29, 0.717) is 18.7 Å². The third-order valence-electron chi connectivity index (χ3n) is 3.44. The summed E-state index contributed by atoms with van der Waals surface area (Å²) < 4.78 is 0. The molecule has 0 bridgehead atoms. The number of hydrogen-bond donors (Lipinski definition) is 3. The fraction of sp³-hybridized carbons (Fsp3) is 0.417. The number of benzene rings is 1. The van der Waals surface area contributed by atoms with Gasteiger partial charge in [-0.2, -0.15) is 5.21 Å². The van der Waals surface area contributed by atoms with Crippen LogP contribution < -0.4 is 5.73 Å². The number of H-pyrrole nitrogens is 1. The van der Waals surface area contributed by atoms with Crippen molar-refractivity contribution in [3.05, 3.63) is 41.2 Å². The molecule has 1 heterocycles. The summed E-state index contributed by atoms with van der Waals surface area (Å²) in [6, 6.07) is 7.80. The van der Waals surface area contributed by atoms with Crippen LogP contribution in [-0.4, -0.2) is 31.8 Å². The van der Waals surface area contributed by atoms with Gasteiger partial charge < -0.3 is 10.8 Å². The zero-order valence-corrected chi connectivity index (χ0v) is 9.87. The summed E-state index contributed by atoms with van der Waals surface area (Å²) >= 11 is 0. The quantitative estimate of drug-likeness (QED) is 0.686. The second-order valence-electron chi connectivity index (χ2n) is 4.86. The van der Waals surface area contributed by atoms with Gasteiger partial charge in [-0.15, -0.1) is 10.2 Å². The highest BCUT2D eigenvalue weighted by atomic mass is 16.3. The predicted octanol–water partition coefficient (Wildman–Crippen LogP) is -0.0965. The standard InChI is InChI=1S/C12H15N5O/c13-9-5-8-3-1-2-4-10(8)12(18,6-9)7-11-14-16-17-15-11/h1-4,9,18H,5-7,13H2,(H,14,15,16,17)/t9-,12-/m0/s1. The first-order chi connectivity index (χ1) is 8.67. The van der Waals surface area contributed by atoms with Crippen molar-refractivity contribution in [3.8, 4) is 0 Å². The molecule has 0 aliphatic heterocycles. The van der Waals surface area contributed by atoms with Crippen molar-refractivity contribution < 1.29 is 5.11 Å². The maximum Gasteiger partial charge on any atom is 0.177 e. The third-order valence-corrected chi connectivity index (χ3v) is 3.44. The smallest absolute Gasteiger partial charge is 0.177 e. The minimum atomic E-state index is -1.00. The molecule has 1 aliphatic carbocycles. The van der Waals surface area contributed by atoms with Gasteiger partial charge in [-0.05, 0) is 24.0 Å². The summed E-state index contributed by atoms with van der Waals surface area (Å²) in [6.45, 7) is 0. The Morgan fingerprint density at radius 2 is 2.28 bits per heavy atom. The van der Waals surface area contributed by atoms with Crippen LogP contribution in [0.25, 0.3) is 0 Å². The zero-order valence-electron chi connectivity index (χ0n) is 9.87. The summed E-state index contributed by atoms with van der Waals surface area (Å²) in [7, 11) is 0. The molecular formula is C12H15N5O. The van der Waals surface area contributed by atoms with Crippen molar-refractivity contribution in [1.29, 1.82) is 0 Å². The molecule has 2 atom stereocenters. The normalized spacial score (nSPS) is 26.9. The summed E-state index contributed by atoms with van der Waals surface area (Å²) in [4.78, 5) is 0. The molecule has 0 spiro atoms. The zero-order chi connectivity index (χ0) is 12.6. The molecule has 0 unspecified atom stereocenters. The molecular weight excluding hydrogens is 230 g/mol. The van der Waals surface area contributed by atoms with Gasteiger partial charge >= 0.3 is 0 Å². The predicted molar refractivity (Wildman–Crippen MR) is 64.5 cm³/mol. The average molecular weight is 245 g/mol. The Hall–Kier alpha value is -1.79. The monoisotopic (exact) mass is 245 g/mol. The van der Waals surface area contributed by atoms with Gasteiger partial charge in [0.05, 0.1) is 5.60 Å². The van der Waals surface area contributed by atoms with Crippen LogP contribution in [0.5, 0.6) is 0 Å². The van der Waals surface area contributed by atoms with Crippen molar-refractivity contribution in [2.24, 2.45) is 5.73 Å². The van der Waals surface area contributed by atoms with E-state index in [1.165, 1.54) is 0 Å². The molecule has 0 saturated carbocycles. The number of nitrogens with two attached hydrogens (primary N) is 1. The molecule has 0 saturated heterocycles. The number of nitrogens with one attached hydrogen (secondary N) is 1. The van der Waals surface area contributed by atoms with Gasteiger partial charge in [-0.25, -0.2) is 0 Å². The Balaban J connectivity index is 2.00. The number of aromatic nitrogens is 4. The second kappa shape index (κ2) is 4.15. The average Bonchev–Trinajstić information content (AvgIpc) is 2.81. The van der Waals surface area contributed by atoms with Crippen molar-refractivity contribution in [1.82, 2.24) is 20.6 Å². The van der Waals surface area contributed by atoms with Gasteiger partial charge in [0, 0.05) is 12.5 Å². The first-order valence-electron chi connectivity index (χ1n) is 5.96. The Labute approximate surface area is 104 Å². The summed E-state index contributed by atoms with van der Waals surface area (Å²) in [5.74, 6) is 0.501. The van der Waals surface area contributed by atoms with E-state index in [4.69, 9.17) is 5.73 Å². The van der Waals surface area contributed by atoms with E-state index in [2.05, 4.69) is 20.6 Å². The van der Waals surface area contributed by atoms with Crippen LogP contribution in [0.4, 0.5) is 0 Å².